The van der Waals surface area contributed by atoms with Crippen LogP contribution in [0.5, 0.6) is 0 Å². The Morgan fingerprint density at radius 1 is 1.09 bits per heavy atom. The molecule has 33 heavy (non-hydrogen) atoms. The Labute approximate surface area is 190 Å². The summed E-state index contributed by atoms with van der Waals surface area (Å²) in [6.07, 6.45) is 0. The predicted molar refractivity (Wildman–Crippen MR) is 128 cm³/mol. The number of hydrogen-bond donors (Lipinski definition) is 2. The van der Waals surface area contributed by atoms with Gasteiger partial charge in [0.25, 0.3) is 0 Å². The van der Waals surface area contributed by atoms with Gasteiger partial charge in [0.1, 0.15) is 11.3 Å². The smallest absolute Gasteiger partial charge is 0.337 e. The summed E-state index contributed by atoms with van der Waals surface area (Å²) in [5.74, 6) is -0.617. The van der Waals surface area contributed by atoms with Crippen LogP contribution in [0, 0.1) is 25.2 Å². The van der Waals surface area contributed by atoms with Gasteiger partial charge in [-0.25, -0.2) is 4.79 Å². The fraction of sp³-hybridized carbons (Fsp3) is 0.148. The molecule has 0 amide bonds. The monoisotopic (exact) mass is 438 g/mol. The van der Waals surface area contributed by atoms with Crippen LogP contribution in [0.2, 0.25) is 0 Å². The minimum absolute atomic E-state index is 0.142. The maximum Gasteiger partial charge on any atom is 0.337 e. The highest BCUT2D eigenvalue weighted by Gasteiger charge is 2.20. The van der Waals surface area contributed by atoms with E-state index in [2.05, 4.69) is 11.4 Å². The van der Waals surface area contributed by atoms with E-state index in [1.165, 1.54) is 6.07 Å². The number of nitrogens with one attached hydrogen (secondary N) is 1. The molecular weight excluding hydrogens is 416 g/mol. The van der Waals surface area contributed by atoms with Crippen LogP contribution < -0.4 is 10.7 Å². The van der Waals surface area contributed by atoms with Crippen LogP contribution in [0.4, 0.5) is 5.69 Å². The number of carboxylic acids is 1. The van der Waals surface area contributed by atoms with Crippen LogP contribution in [-0.2, 0) is 0 Å². The summed E-state index contributed by atoms with van der Waals surface area (Å²) in [6, 6.07) is 19.1. The number of aromatic carboxylic acids is 1. The Kier molecular flexibility index (Phi) is 5.72. The number of benzene rings is 3. The van der Waals surface area contributed by atoms with Gasteiger partial charge in [-0.3, -0.25) is 4.79 Å². The molecule has 4 aromatic rings. The number of anilines is 1. The lowest BCUT2D eigenvalue weighted by molar-refractivity contribution is 0.0698. The molecule has 0 unspecified atom stereocenters. The van der Waals surface area contributed by atoms with Crippen LogP contribution in [0.3, 0.4) is 0 Å². The molecule has 0 bridgehead atoms. The number of carbonyl (C=O) groups is 1. The first-order chi connectivity index (χ1) is 15.8. The second-order valence-electron chi connectivity index (χ2n) is 8.03. The van der Waals surface area contributed by atoms with E-state index in [9.17, 15) is 20.0 Å². The maximum absolute atomic E-state index is 13.3. The van der Waals surface area contributed by atoms with E-state index < -0.39 is 5.97 Å². The van der Waals surface area contributed by atoms with Crippen LogP contribution in [0.15, 0.2) is 69.9 Å². The van der Waals surface area contributed by atoms with Crippen molar-refractivity contribution in [3.05, 3.63) is 98.7 Å². The van der Waals surface area contributed by atoms with Crippen molar-refractivity contribution in [1.82, 2.24) is 0 Å². The summed E-state index contributed by atoms with van der Waals surface area (Å²) in [6.45, 7) is 5.51. The lowest BCUT2D eigenvalue weighted by Crippen LogP contribution is -2.14. The lowest BCUT2D eigenvalue weighted by atomic mass is 9.98. The van der Waals surface area contributed by atoms with Crippen molar-refractivity contribution in [3.8, 4) is 17.4 Å². The molecule has 6 heteroatoms. The Morgan fingerprint density at radius 3 is 2.58 bits per heavy atom. The van der Waals surface area contributed by atoms with Crippen molar-refractivity contribution < 1.29 is 14.3 Å². The highest BCUT2D eigenvalue weighted by molar-refractivity contribution is 5.94. The van der Waals surface area contributed by atoms with E-state index in [0.717, 1.165) is 11.1 Å². The molecule has 0 fully saturated rings. The number of carboxylic acid groups (broad SMARTS) is 1. The van der Waals surface area contributed by atoms with E-state index in [0.29, 0.717) is 39.1 Å². The normalized spacial score (nSPS) is 11.7. The summed E-state index contributed by atoms with van der Waals surface area (Å²) in [4.78, 5) is 24.9. The molecule has 164 valence electrons. The van der Waals surface area contributed by atoms with E-state index in [1.807, 2.05) is 19.9 Å². The van der Waals surface area contributed by atoms with Gasteiger partial charge in [0.2, 0.25) is 0 Å². The molecule has 6 nitrogen and oxygen atoms in total. The largest absolute Gasteiger partial charge is 0.478 e. The summed E-state index contributed by atoms with van der Waals surface area (Å²) in [5, 5.41) is 22.5. The number of nitriles is 1. The van der Waals surface area contributed by atoms with Gasteiger partial charge in [0, 0.05) is 22.4 Å². The molecule has 0 aliphatic rings. The van der Waals surface area contributed by atoms with Gasteiger partial charge in [-0.05, 0) is 56.7 Å². The average Bonchev–Trinajstić information content (AvgIpc) is 2.81. The van der Waals surface area contributed by atoms with E-state index >= 15 is 0 Å². The third-order valence-corrected chi connectivity index (χ3v) is 5.64. The maximum atomic E-state index is 13.3. The molecule has 0 spiro atoms. The number of nitrogens with zero attached hydrogens (tertiary/aromatic N) is 1. The van der Waals surface area contributed by atoms with Gasteiger partial charge in [-0.1, -0.05) is 30.3 Å². The molecule has 1 aromatic heterocycles. The SMILES string of the molecule is Cc1cc([C@@H](C)Nc2ccccc2C(=O)O)c2oc(-c3cccc(C#N)c3)c(C)c(=O)c2c1. The third kappa shape index (κ3) is 4.09. The average molecular weight is 438 g/mol. The van der Waals surface area contributed by atoms with Gasteiger partial charge in [0.05, 0.1) is 28.6 Å². The van der Waals surface area contributed by atoms with Crippen molar-refractivity contribution in [2.75, 3.05) is 5.32 Å². The van der Waals surface area contributed by atoms with Crippen molar-refractivity contribution in [1.29, 1.82) is 5.26 Å². The molecule has 4 rings (SSSR count). The second-order valence-corrected chi connectivity index (χ2v) is 8.03. The second kappa shape index (κ2) is 8.64. The number of fused-ring (bicyclic) bond motifs is 1. The Morgan fingerprint density at radius 2 is 1.85 bits per heavy atom. The zero-order chi connectivity index (χ0) is 23.7. The Bertz CT molecular complexity index is 1490. The molecule has 0 aliphatic heterocycles. The fourth-order valence-corrected chi connectivity index (χ4v) is 4.00. The van der Waals surface area contributed by atoms with Crippen molar-refractivity contribution in [2.24, 2.45) is 0 Å². The molecule has 1 atom stereocenters. The standard InChI is InChI=1S/C27H22N2O4/c1-15-11-21(17(3)29-23-10-5-4-9-20(23)27(31)32)26-22(12-15)24(30)16(2)25(33-26)19-8-6-7-18(13-19)14-28/h4-13,17,29H,1-3H3,(H,31,32)/t17-/m1/s1. The van der Waals surface area contributed by atoms with Crippen molar-refractivity contribution >= 4 is 22.6 Å². The number of para-hydroxylation sites is 1. The summed E-state index contributed by atoms with van der Waals surface area (Å²) >= 11 is 0. The van der Waals surface area contributed by atoms with Gasteiger partial charge in [-0.15, -0.1) is 0 Å². The van der Waals surface area contributed by atoms with Crippen molar-refractivity contribution in [2.45, 2.75) is 26.8 Å². The molecule has 0 radical (unpaired) electrons. The molecule has 0 aliphatic carbocycles. The zero-order valence-corrected chi connectivity index (χ0v) is 18.5. The first-order valence-corrected chi connectivity index (χ1v) is 10.5. The lowest BCUT2D eigenvalue weighted by Gasteiger charge is -2.20. The quantitative estimate of drug-likeness (QED) is 0.407. The van der Waals surface area contributed by atoms with Gasteiger partial charge in [-0.2, -0.15) is 5.26 Å². The minimum Gasteiger partial charge on any atom is -0.478 e. The van der Waals surface area contributed by atoms with Crippen molar-refractivity contribution in [3.63, 3.8) is 0 Å². The van der Waals surface area contributed by atoms with Crippen LogP contribution >= 0.6 is 0 Å². The third-order valence-electron chi connectivity index (χ3n) is 5.64. The first-order valence-electron chi connectivity index (χ1n) is 10.5. The summed E-state index contributed by atoms with van der Waals surface area (Å²) in [7, 11) is 0. The van der Waals surface area contributed by atoms with E-state index in [4.69, 9.17) is 4.42 Å². The zero-order valence-electron chi connectivity index (χ0n) is 18.5. The summed E-state index contributed by atoms with van der Waals surface area (Å²) in [5.41, 5.74) is 4.14. The first kappa shape index (κ1) is 21.8. The van der Waals surface area contributed by atoms with Crippen LogP contribution in [-0.4, -0.2) is 11.1 Å². The topological polar surface area (TPSA) is 103 Å². The fourth-order valence-electron chi connectivity index (χ4n) is 4.00. The molecule has 2 N–H and O–H groups in total. The number of hydrogen-bond acceptors (Lipinski definition) is 5. The summed E-state index contributed by atoms with van der Waals surface area (Å²) < 4.78 is 6.32. The minimum atomic E-state index is -1.03. The molecule has 3 aromatic carbocycles. The number of aryl methyl sites for hydroxylation is 1. The Balaban J connectivity index is 1.90. The van der Waals surface area contributed by atoms with Gasteiger partial charge in [0.15, 0.2) is 5.43 Å². The molecule has 1 heterocycles. The highest BCUT2D eigenvalue weighted by atomic mass is 16.4. The molecular formula is C27H22N2O4. The predicted octanol–water partition coefficient (Wildman–Crippen LogP) is 5.82. The highest BCUT2D eigenvalue weighted by Crippen LogP contribution is 2.32. The van der Waals surface area contributed by atoms with E-state index in [-0.39, 0.29) is 17.0 Å². The van der Waals surface area contributed by atoms with Crippen LogP contribution in [0.25, 0.3) is 22.3 Å². The van der Waals surface area contributed by atoms with E-state index in [1.54, 1.807) is 55.5 Å². The van der Waals surface area contributed by atoms with Gasteiger partial charge >= 0.3 is 5.97 Å². The number of rotatable bonds is 5. The van der Waals surface area contributed by atoms with Gasteiger partial charge < -0.3 is 14.8 Å². The molecule has 0 saturated carbocycles. The Hall–Kier alpha value is -4.37. The molecule has 0 saturated heterocycles. The van der Waals surface area contributed by atoms with Crippen LogP contribution in [0.1, 0.15) is 45.6 Å².